The second-order valence-electron chi connectivity index (χ2n) is 1.86. The summed E-state index contributed by atoms with van der Waals surface area (Å²) in [6.07, 6.45) is 2.07. The number of carbonyl (C=O) groups is 2. The molecule has 0 fully saturated rings. The van der Waals surface area contributed by atoms with E-state index in [9.17, 15) is 14.7 Å². The highest BCUT2D eigenvalue weighted by atomic mass is 32.2. The third kappa shape index (κ3) is 1.56. The number of aromatic nitrogens is 2. The molecule has 1 aromatic heterocycles. The van der Waals surface area contributed by atoms with E-state index in [0.717, 1.165) is 0 Å². The summed E-state index contributed by atoms with van der Waals surface area (Å²) >= 11 is 0. The number of hydrogen-bond acceptors (Lipinski definition) is 5. The Hall–Kier alpha value is -1.50. The standard InChI is InChI=1S/C5H5N3O3S/c1-12-5(6-2-9)7-3(8-12)4(10)11/h2H,1H3,(H-,6,7,8,9,10,11). The van der Waals surface area contributed by atoms with Gasteiger partial charge in [0.1, 0.15) is 22.9 Å². The summed E-state index contributed by atoms with van der Waals surface area (Å²) in [6.45, 7) is 0. The molecule has 0 radical (unpaired) electrons. The van der Waals surface area contributed by atoms with Gasteiger partial charge in [-0.1, -0.05) is 0 Å². The molecule has 1 rings (SSSR count). The van der Waals surface area contributed by atoms with Crippen molar-refractivity contribution in [2.24, 2.45) is 6.26 Å². The molecular weight excluding hydrogens is 182 g/mol. The topological polar surface area (TPSA) is 95.0 Å². The number of aryl methyl sites for hydroxylation is 1. The number of rotatable bonds is 3. The maximum atomic E-state index is 10.2. The Morgan fingerprint density at radius 3 is 2.83 bits per heavy atom. The summed E-state index contributed by atoms with van der Waals surface area (Å²) in [5, 5.41) is 12.7. The molecule has 0 saturated heterocycles. The molecule has 0 aliphatic carbocycles. The molecule has 12 heavy (non-hydrogen) atoms. The molecule has 1 N–H and O–H groups in total. The second-order valence-corrected chi connectivity index (χ2v) is 3.38. The van der Waals surface area contributed by atoms with Crippen LogP contribution in [0.1, 0.15) is 10.6 Å². The number of carbonyl (C=O) groups excluding carboxylic acids is 2. The molecule has 0 aliphatic heterocycles. The van der Waals surface area contributed by atoms with E-state index in [1.54, 1.807) is 6.26 Å². The SMILES string of the molecule is C[s+]1nc(C(=O)[O-])nc1NC=O. The molecule has 1 atom stereocenters. The zero-order valence-corrected chi connectivity index (χ0v) is 6.92. The van der Waals surface area contributed by atoms with Crippen molar-refractivity contribution in [3.05, 3.63) is 5.82 Å². The van der Waals surface area contributed by atoms with Crippen LogP contribution in [0.5, 0.6) is 0 Å². The van der Waals surface area contributed by atoms with Gasteiger partial charge < -0.3 is 9.90 Å². The number of carboxylic acids is 1. The number of nitrogens with one attached hydrogen (secondary N) is 1. The molecule has 1 aromatic rings. The van der Waals surface area contributed by atoms with Gasteiger partial charge in [-0.2, -0.15) is 4.98 Å². The van der Waals surface area contributed by atoms with Gasteiger partial charge in [0, 0.05) is 0 Å². The van der Waals surface area contributed by atoms with Crippen LogP contribution in [-0.4, -0.2) is 21.7 Å². The second kappa shape index (κ2) is 3.26. The number of aromatic carboxylic acids is 1. The van der Waals surface area contributed by atoms with Gasteiger partial charge in [-0.15, -0.1) is 0 Å². The molecule has 7 heteroatoms. The molecule has 6 nitrogen and oxygen atoms in total. The number of hydrogen-bond donors (Lipinski definition) is 1. The minimum absolute atomic E-state index is 0.254. The molecule has 0 bridgehead atoms. The lowest BCUT2D eigenvalue weighted by molar-refractivity contribution is -0.255. The zero-order valence-electron chi connectivity index (χ0n) is 6.10. The highest BCUT2D eigenvalue weighted by molar-refractivity contribution is 7.28. The lowest BCUT2D eigenvalue weighted by Gasteiger charge is -1.86. The zero-order chi connectivity index (χ0) is 9.14. The fourth-order valence-electron chi connectivity index (χ4n) is 0.606. The van der Waals surface area contributed by atoms with Gasteiger partial charge in [-0.25, -0.2) is 0 Å². The first kappa shape index (κ1) is 8.60. The average molecular weight is 187 g/mol. The maximum absolute atomic E-state index is 10.2. The summed E-state index contributed by atoms with van der Waals surface area (Å²) in [5.74, 6) is -1.80. The van der Waals surface area contributed by atoms with Crippen molar-refractivity contribution in [2.45, 2.75) is 0 Å². The predicted octanol–water partition coefficient (Wildman–Crippen LogP) is -1.31. The van der Waals surface area contributed by atoms with Crippen molar-refractivity contribution < 1.29 is 14.7 Å². The molecule has 0 saturated carbocycles. The Labute approximate surface area is 70.4 Å². The fraction of sp³-hybridized carbons (Fsp3) is 0.200. The van der Waals surface area contributed by atoms with E-state index in [2.05, 4.69) is 14.7 Å². The van der Waals surface area contributed by atoms with Crippen LogP contribution in [0.4, 0.5) is 5.13 Å². The molecule has 1 amide bonds. The summed E-state index contributed by atoms with van der Waals surface area (Å²) < 4.78 is 3.65. The Morgan fingerprint density at radius 1 is 1.75 bits per heavy atom. The molecule has 1 heterocycles. The summed E-state index contributed by atoms with van der Waals surface area (Å²) in [5.41, 5.74) is 0. The number of carboxylic acid groups (broad SMARTS) is 1. The van der Waals surface area contributed by atoms with E-state index in [4.69, 9.17) is 0 Å². The van der Waals surface area contributed by atoms with Gasteiger partial charge in [-0.05, 0) is 4.37 Å². The quantitative estimate of drug-likeness (QED) is 0.468. The van der Waals surface area contributed by atoms with Gasteiger partial charge in [-0.3, -0.25) is 10.1 Å². The summed E-state index contributed by atoms with van der Waals surface area (Å²) in [7, 11) is -0.686. The van der Waals surface area contributed by atoms with Crippen molar-refractivity contribution in [1.82, 2.24) is 9.36 Å². The first-order valence-electron chi connectivity index (χ1n) is 2.90. The molecule has 0 aromatic carbocycles. The van der Waals surface area contributed by atoms with Crippen LogP contribution in [0.3, 0.4) is 0 Å². The Balaban J connectivity index is 2.99. The smallest absolute Gasteiger partial charge is 0.372 e. The van der Waals surface area contributed by atoms with E-state index in [1.807, 2.05) is 0 Å². The first-order valence-corrected chi connectivity index (χ1v) is 4.49. The molecule has 1 unspecified atom stereocenters. The van der Waals surface area contributed by atoms with Gasteiger partial charge in [0.05, 0.1) is 0 Å². The Morgan fingerprint density at radius 2 is 2.42 bits per heavy atom. The van der Waals surface area contributed by atoms with Gasteiger partial charge >= 0.3 is 5.13 Å². The third-order valence-electron chi connectivity index (χ3n) is 1.08. The first-order chi connectivity index (χ1) is 5.65. The number of nitrogens with zero attached hydrogens (tertiary/aromatic N) is 2. The van der Waals surface area contributed by atoms with Crippen molar-refractivity contribution >= 4 is 28.2 Å². The van der Waals surface area contributed by atoms with E-state index in [-0.39, 0.29) is 11.0 Å². The van der Waals surface area contributed by atoms with Crippen molar-refractivity contribution in [3.8, 4) is 0 Å². The van der Waals surface area contributed by atoms with Gasteiger partial charge in [0.25, 0.3) is 0 Å². The lowest BCUT2D eigenvalue weighted by Crippen LogP contribution is -2.23. The van der Waals surface area contributed by atoms with Crippen LogP contribution in [0.15, 0.2) is 0 Å². The van der Waals surface area contributed by atoms with E-state index >= 15 is 0 Å². The number of amides is 1. The van der Waals surface area contributed by atoms with Crippen molar-refractivity contribution in [2.75, 3.05) is 5.32 Å². The maximum Gasteiger partial charge on any atom is 0.372 e. The summed E-state index contributed by atoms with van der Waals surface area (Å²) in [6, 6.07) is 0. The monoisotopic (exact) mass is 187 g/mol. The summed E-state index contributed by atoms with van der Waals surface area (Å²) in [4.78, 5) is 23.8. The number of anilines is 1. The van der Waals surface area contributed by atoms with Crippen molar-refractivity contribution in [3.63, 3.8) is 0 Å². The molecular formula is C5H5N3O3S. The van der Waals surface area contributed by atoms with E-state index in [0.29, 0.717) is 6.41 Å². The van der Waals surface area contributed by atoms with Gasteiger partial charge in [0.15, 0.2) is 0 Å². The van der Waals surface area contributed by atoms with E-state index in [1.165, 1.54) is 0 Å². The Bertz CT molecular complexity index is 322. The van der Waals surface area contributed by atoms with Crippen LogP contribution in [0.2, 0.25) is 0 Å². The van der Waals surface area contributed by atoms with Crippen LogP contribution in [0, 0.1) is 0 Å². The minimum Gasteiger partial charge on any atom is -0.541 e. The van der Waals surface area contributed by atoms with Crippen molar-refractivity contribution in [1.29, 1.82) is 0 Å². The van der Waals surface area contributed by atoms with Crippen LogP contribution in [-0.2, 0) is 11.1 Å². The molecule has 0 aliphatic rings. The highest BCUT2D eigenvalue weighted by Gasteiger charge is 2.17. The minimum atomic E-state index is -1.43. The Kier molecular flexibility index (Phi) is 2.34. The van der Waals surface area contributed by atoms with Crippen LogP contribution < -0.4 is 10.4 Å². The molecule has 64 valence electrons. The largest absolute Gasteiger partial charge is 0.541 e. The normalized spacial score (nSPS) is 10.9. The third-order valence-corrected chi connectivity index (χ3v) is 2.29. The van der Waals surface area contributed by atoms with Crippen LogP contribution >= 0.6 is 10.7 Å². The van der Waals surface area contributed by atoms with E-state index < -0.39 is 16.6 Å². The van der Waals surface area contributed by atoms with Crippen LogP contribution in [0.25, 0.3) is 0 Å². The fourth-order valence-corrected chi connectivity index (χ4v) is 1.50. The van der Waals surface area contributed by atoms with Gasteiger partial charge in [0.2, 0.25) is 12.2 Å². The average Bonchev–Trinajstić information content (AvgIpc) is 2.34. The predicted molar refractivity (Wildman–Crippen MR) is 39.5 cm³/mol. The lowest BCUT2D eigenvalue weighted by atomic mass is 10.6. The molecule has 0 spiro atoms. The highest BCUT2D eigenvalue weighted by Crippen LogP contribution is 2.20.